The van der Waals surface area contributed by atoms with E-state index in [9.17, 15) is 23.9 Å². The number of carboxylic acid groups (broad SMARTS) is 1. The number of allylic oxidation sites excluding steroid dienone is 1. The zero-order valence-electron chi connectivity index (χ0n) is 33.8. The summed E-state index contributed by atoms with van der Waals surface area (Å²) in [6.07, 6.45) is 11.3. The molecule has 294 valence electrons. The summed E-state index contributed by atoms with van der Waals surface area (Å²) in [5.74, 6) is 1.06. The van der Waals surface area contributed by atoms with Crippen molar-refractivity contribution in [3.63, 3.8) is 0 Å². The number of carbonyl (C=O) groups is 3. The first-order valence-electron chi connectivity index (χ1n) is 20.5. The van der Waals surface area contributed by atoms with Gasteiger partial charge in [-0.1, -0.05) is 66.7 Å². The summed E-state index contributed by atoms with van der Waals surface area (Å²) in [7, 11) is 2.59. The first kappa shape index (κ1) is 40.4. The molecule has 2 N–H and O–H groups in total. The Balaban J connectivity index is 1.21. The minimum Gasteiger partial charge on any atom is -0.481 e. The molecule has 0 radical (unpaired) electrons. The van der Waals surface area contributed by atoms with E-state index in [0.717, 1.165) is 62.2 Å². The molecule has 0 aliphatic heterocycles. The van der Waals surface area contributed by atoms with Crippen molar-refractivity contribution in [1.29, 1.82) is 0 Å². The first-order valence-corrected chi connectivity index (χ1v) is 21.0. The van der Waals surface area contributed by atoms with Crippen molar-refractivity contribution in [3.8, 4) is 0 Å². The number of ether oxygens (including phenoxy) is 1. The molecule has 0 spiro atoms. The van der Waals surface area contributed by atoms with Gasteiger partial charge in [-0.3, -0.25) is 14.4 Å². The van der Waals surface area contributed by atoms with Crippen LogP contribution in [0.1, 0.15) is 144 Å². The highest BCUT2D eigenvalue weighted by atomic mass is 31.0. The van der Waals surface area contributed by atoms with Gasteiger partial charge in [0.1, 0.15) is 11.9 Å². The lowest BCUT2D eigenvalue weighted by molar-refractivity contribution is -0.250. The third kappa shape index (κ3) is 6.94. The molecule has 0 aromatic heterocycles. The smallest absolute Gasteiger partial charge is 0.306 e. The molecular formula is C45H67FNO5P. The molecular weight excluding hydrogens is 684 g/mol. The van der Waals surface area contributed by atoms with Crippen LogP contribution in [-0.2, 0) is 25.7 Å². The topological polar surface area (TPSA) is 92.7 Å². The highest BCUT2D eigenvalue weighted by molar-refractivity contribution is 7.27. The molecule has 11 atom stereocenters. The van der Waals surface area contributed by atoms with Crippen LogP contribution in [-0.4, -0.2) is 29.1 Å². The number of hydrogen-bond donors (Lipinski definition) is 2. The molecule has 5 fully saturated rings. The SMILES string of the molecule is C=C(C)C1CC[C@]2(CC(=O)NCc3ccc(F)cc3P)CC[C@]3(C)[C@H](CCC4[C@@]5(C)CC[C@H](OC(=O)CC(C)(C)CC(=O)O)C(C)(C)C5CC[C@]43C)C12. The predicted octanol–water partition coefficient (Wildman–Crippen LogP) is 9.79. The van der Waals surface area contributed by atoms with Crippen molar-refractivity contribution >= 4 is 32.4 Å². The maximum absolute atomic E-state index is 13.8. The van der Waals surface area contributed by atoms with Crippen molar-refractivity contribution in [2.75, 3.05) is 0 Å². The van der Waals surface area contributed by atoms with Gasteiger partial charge in [0.25, 0.3) is 0 Å². The summed E-state index contributed by atoms with van der Waals surface area (Å²) in [5.41, 5.74) is 1.77. The van der Waals surface area contributed by atoms with Crippen molar-refractivity contribution in [3.05, 3.63) is 41.7 Å². The largest absolute Gasteiger partial charge is 0.481 e. The molecule has 5 aliphatic rings. The number of benzene rings is 1. The number of halogens is 1. The number of nitrogens with one attached hydrogen (secondary N) is 1. The van der Waals surface area contributed by atoms with E-state index in [-0.39, 0.29) is 63.7 Å². The first-order chi connectivity index (χ1) is 24.6. The van der Waals surface area contributed by atoms with Crippen LogP contribution in [0.25, 0.3) is 0 Å². The minimum absolute atomic E-state index is 0.0300. The number of esters is 1. The standard InChI is InChI=1S/C45H67FNO5P/c1-27(2)30-14-19-45(23-36(48)47-26-28-10-11-29(46)22-32(28)53)21-20-43(8)31(39(30)45)12-13-34-42(7)17-16-35(41(5,6)33(42)15-18-44(34,43)9)52-38(51)25-40(3,4)24-37(49)50/h10-11,22,30-31,33-35,39H,1,12-21,23-26,53H2,2-9H3,(H,47,48)(H,49,50)/t30?,31-,33?,34?,35+,39?,42+,43-,44-,45-/m1/s1. The molecule has 8 heteroatoms. The third-order valence-corrected chi connectivity index (χ3v) is 17.3. The summed E-state index contributed by atoms with van der Waals surface area (Å²) in [6, 6.07) is 4.72. The van der Waals surface area contributed by atoms with Crippen molar-refractivity contribution < 1.29 is 28.6 Å². The summed E-state index contributed by atoms with van der Waals surface area (Å²) < 4.78 is 20.0. The van der Waals surface area contributed by atoms with Gasteiger partial charge in [-0.2, -0.15) is 0 Å². The second-order valence-electron chi connectivity index (χ2n) is 20.6. The highest BCUT2D eigenvalue weighted by Gasteiger charge is 2.71. The Kier molecular flexibility index (Phi) is 10.7. The van der Waals surface area contributed by atoms with Gasteiger partial charge in [0.15, 0.2) is 0 Å². The fourth-order valence-electron chi connectivity index (χ4n) is 14.1. The maximum atomic E-state index is 13.8. The zero-order chi connectivity index (χ0) is 38.9. The summed E-state index contributed by atoms with van der Waals surface area (Å²) >= 11 is 0. The molecule has 0 saturated heterocycles. The van der Waals surface area contributed by atoms with E-state index in [1.165, 1.54) is 30.5 Å². The van der Waals surface area contributed by atoms with E-state index in [1.54, 1.807) is 6.07 Å². The van der Waals surface area contributed by atoms with E-state index < -0.39 is 11.4 Å². The Bertz CT molecular complexity index is 1640. The predicted molar refractivity (Wildman–Crippen MR) is 212 cm³/mol. The molecule has 53 heavy (non-hydrogen) atoms. The summed E-state index contributed by atoms with van der Waals surface area (Å²) in [6.45, 7) is 23.3. The monoisotopic (exact) mass is 751 g/mol. The fraction of sp³-hybridized carbons (Fsp3) is 0.756. The Morgan fingerprint density at radius 3 is 2.32 bits per heavy atom. The van der Waals surface area contributed by atoms with Gasteiger partial charge in [0.05, 0.1) is 12.8 Å². The summed E-state index contributed by atoms with van der Waals surface area (Å²) in [4.78, 5) is 38.4. The van der Waals surface area contributed by atoms with Crippen LogP contribution < -0.4 is 10.6 Å². The average molecular weight is 752 g/mol. The van der Waals surface area contributed by atoms with Crippen LogP contribution >= 0.6 is 9.24 Å². The van der Waals surface area contributed by atoms with Crippen LogP contribution in [0, 0.1) is 67.9 Å². The highest BCUT2D eigenvalue weighted by Crippen LogP contribution is 2.78. The Labute approximate surface area is 320 Å². The number of carbonyl (C=O) groups excluding carboxylic acids is 2. The van der Waals surface area contributed by atoms with Gasteiger partial charge in [0.2, 0.25) is 5.91 Å². The lowest BCUT2D eigenvalue weighted by atomic mass is 9.32. The van der Waals surface area contributed by atoms with E-state index in [0.29, 0.717) is 42.6 Å². The molecule has 1 aromatic rings. The molecule has 0 heterocycles. The van der Waals surface area contributed by atoms with Gasteiger partial charge in [0, 0.05) is 18.4 Å². The summed E-state index contributed by atoms with van der Waals surface area (Å²) in [5, 5.41) is 13.3. The van der Waals surface area contributed by atoms with Crippen molar-refractivity contribution in [2.24, 2.45) is 62.1 Å². The second-order valence-corrected chi connectivity index (χ2v) is 21.2. The van der Waals surface area contributed by atoms with E-state index in [2.05, 4.69) is 62.7 Å². The molecule has 6 nitrogen and oxygen atoms in total. The molecule has 5 aliphatic carbocycles. The number of fused-ring (bicyclic) bond motifs is 7. The molecule has 5 saturated carbocycles. The van der Waals surface area contributed by atoms with E-state index >= 15 is 0 Å². The lowest BCUT2D eigenvalue weighted by Gasteiger charge is -2.73. The van der Waals surface area contributed by atoms with Gasteiger partial charge in [-0.15, -0.1) is 9.24 Å². The van der Waals surface area contributed by atoms with E-state index in [1.807, 2.05) is 13.8 Å². The maximum Gasteiger partial charge on any atom is 0.306 e. The van der Waals surface area contributed by atoms with Crippen LogP contribution in [0.4, 0.5) is 4.39 Å². The number of aliphatic carboxylic acids is 1. The van der Waals surface area contributed by atoms with Gasteiger partial charge in [-0.05, 0) is 151 Å². The molecule has 1 amide bonds. The normalized spacial score (nSPS) is 38.8. The zero-order valence-corrected chi connectivity index (χ0v) is 35.0. The van der Waals surface area contributed by atoms with E-state index in [4.69, 9.17) is 4.74 Å². The number of amides is 1. The molecule has 0 bridgehead atoms. The van der Waals surface area contributed by atoms with Crippen LogP contribution in [0.3, 0.4) is 0 Å². The van der Waals surface area contributed by atoms with Crippen molar-refractivity contribution in [2.45, 2.75) is 152 Å². The Morgan fingerprint density at radius 1 is 0.943 bits per heavy atom. The van der Waals surface area contributed by atoms with Crippen LogP contribution in [0.2, 0.25) is 0 Å². The lowest BCUT2D eigenvalue weighted by Crippen LogP contribution is -2.67. The van der Waals surface area contributed by atoms with Crippen molar-refractivity contribution in [1.82, 2.24) is 5.32 Å². The number of rotatable bonds is 10. The van der Waals surface area contributed by atoms with Gasteiger partial charge >= 0.3 is 11.9 Å². The average Bonchev–Trinajstić information content (AvgIpc) is 3.41. The van der Waals surface area contributed by atoms with Crippen LogP contribution in [0.15, 0.2) is 30.4 Å². The quantitative estimate of drug-likeness (QED) is 0.141. The van der Waals surface area contributed by atoms with Gasteiger partial charge < -0.3 is 15.2 Å². The number of carboxylic acids is 1. The Morgan fingerprint density at radius 2 is 1.66 bits per heavy atom. The molecule has 6 rings (SSSR count). The second kappa shape index (κ2) is 14.0. The molecule has 1 aromatic carbocycles. The van der Waals surface area contributed by atoms with Crippen LogP contribution in [0.5, 0.6) is 0 Å². The van der Waals surface area contributed by atoms with Gasteiger partial charge in [-0.25, -0.2) is 4.39 Å². The Hall–Kier alpha value is -2.27. The number of hydrogen-bond acceptors (Lipinski definition) is 4. The molecule has 5 unspecified atom stereocenters. The fourth-order valence-corrected chi connectivity index (χ4v) is 14.5. The third-order valence-electron chi connectivity index (χ3n) is 16.8. The minimum atomic E-state index is -0.893.